The lowest BCUT2D eigenvalue weighted by Gasteiger charge is -2.24. The highest BCUT2D eigenvalue weighted by Crippen LogP contribution is 2.27. The smallest absolute Gasteiger partial charge is 0.415 e. The van der Waals surface area contributed by atoms with Crippen LogP contribution in [0, 0.1) is 11.7 Å². The quantitative estimate of drug-likeness (QED) is 0.641. The number of ether oxygens (including phenoxy) is 1. The molecule has 2 atom stereocenters. The van der Waals surface area contributed by atoms with Crippen LogP contribution in [-0.2, 0) is 4.74 Å². The molecule has 9 heteroatoms. The van der Waals surface area contributed by atoms with Crippen LogP contribution in [0.4, 0.5) is 21.0 Å². The van der Waals surface area contributed by atoms with Crippen LogP contribution in [0.3, 0.4) is 0 Å². The number of aromatic nitrogens is 2. The van der Waals surface area contributed by atoms with Gasteiger partial charge in [0.05, 0.1) is 17.6 Å². The molecule has 1 aliphatic heterocycles. The third-order valence-electron chi connectivity index (χ3n) is 6.34. The highest BCUT2D eigenvalue weighted by Gasteiger charge is 2.37. The molecule has 1 saturated heterocycles. The molecule has 2 heterocycles. The summed E-state index contributed by atoms with van der Waals surface area (Å²) in [6.45, 7) is 6.21. The van der Waals surface area contributed by atoms with E-state index in [2.05, 4.69) is 20.6 Å². The first kappa shape index (κ1) is 22.9. The minimum Gasteiger partial charge on any atom is -0.447 e. The summed E-state index contributed by atoms with van der Waals surface area (Å²) in [4.78, 5) is 34.9. The molecule has 2 amide bonds. The van der Waals surface area contributed by atoms with Crippen LogP contribution in [0.25, 0.3) is 0 Å². The van der Waals surface area contributed by atoms with Gasteiger partial charge >= 0.3 is 6.09 Å². The average molecular weight is 456 g/mol. The predicted octanol–water partition coefficient (Wildman–Crippen LogP) is 4.44. The number of rotatable bonds is 7. The molecule has 0 spiro atoms. The zero-order valence-electron chi connectivity index (χ0n) is 19.2. The van der Waals surface area contributed by atoms with Crippen molar-refractivity contribution in [2.24, 2.45) is 5.92 Å². The molecule has 2 N–H and O–H groups in total. The molecule has 2 aromatic rings. The van der Waals surface area contributed by atoms with Gasteiger partial charge in [0.25, 0.3) is 5.91 Å². The summed E-state index contributed by atoms with van der Waals surface area (Å²) in [6, 6.07) is 5.96. The minimum absolute atomic E-state index is 0.0448. The van der Waals surface area contributed by atoms with Gasteiger partial charge in [-0.2, -0.15) is 4.98 Å². The number of benzene rings is 1. The van der Waals surface area contributed by atoms with Gasteiger partial charge in [0, 0.05) is 12.2 Å². The lowest BCUT2D eigenvalue weighted by atomic mass is 10.0. The topological polar surface area (TPSA) is 96.5 Å². The van der Waals surface area contributed by atoms with Crippen LogP contribution in [0.5, 0.6) is 0 Å². The van der Waals surface area contributed by atoms with Gasteiger partial charge in [-0.25, -0.2) is 14.2 Å². The van der Waals surface area contributed by atoms with E-state index in [4.69, 9.17) is 4.74 Å². The molecule has 0 radical (unpaired) electrons. The third-order valence-corrected chi connectivity index (χ3v) is 6.34. The van der Waals surface area contributed by atoms with Gasteiger partial charge in [-0.3, -0.25) is 9.69 Å². The van der Waals surface area contributed by atoms with Gasteiger partial charge in [-0.1, -0.05) is 32.8 Å². The largest absolute Gasteiger partial charge is 0.447 e. The van der Waals surface area contributed by atoms with E-state index in [1.54, 1.807) is 23.2 Å². The number of hydrogen-bond acceptors (Lipinski definition) is 6. The Morgan fingerprint density at radius 3 is 2.67 bits per heavy atom. The van der Waals surface area contributed by atoms with Gasteiger partial charge in [-0.05, 0) is 49.4 Å². The standard InChI is InChI=1S/C24H30FN5O3/c1-14(2)20-13-33-24(32)30(20)21-10-11-26-23(29-21)27-15(3)16-8-9-18(19(25)12-16)22(31)28-17-6-4-5-7-17/h8-12,14-15,17,20H,4-7,13H2,1-3H3,(H,28,31)(H,26,27,29). The maximum atomic E-state index is 14.7. The zero-order valence-corrected chi connectivity index (χ0v) is 19.2. The van der Waals surface area contributed by atoms with Crippen molar-refractivity contribution < 1.29 is 18.7 Å². The molecule has 4 rings (SSSR count). The lowest BCUT2D eigenvalue weighted by Crippen LogP contribution is -2.37. The van der Waals surface area contributed by atoms with Crippen LogP contribution in [0.15, 0.2) is 30.5 Å². The molecule has 176 valence electrons. The number of cyclic esters (lactones) is 1. The Balaban J connectivity index is 1.45. The van der Waals surface area contributed by atoms with Crippen LogP contribution in [-0.4, -0.2) is 40.7 Å². The van der Waals surface area contributed by atoms with Crippen molar-refractivity contribution in [1.82, 2.24) is 15.3 Å². The third kappa shape index (κ3) is 5.07. The first-order chi connectivity index (χ1) is 15.8. The Labute approximate surface area is 192 Å². The van der Waals surface area contributed by atoms with E-state index < -0.39 is 11.9 Å². The molecule has 1 aromatic carbocycles. The second-order valence-corrected chi connectivity index (χ2v) is 9.06. The molecule has 2 fully saturated rings. The number of hydrogen-bond donors (Lipinski definition) is 2. The van der Waals surface area contributed by atoms with E-state index in [0.29, 0.717) is 23.9 Å². The van der Waals surface area contributed by atoms with Crippen LogP contribution >= 0.6 is 0 Å². The Morgan fingerprint density at radius 2 is 1.97 bits per heavy atom. The second kappa shape index (κ2) is 9.72. The maximum absolute atomic E-state index is 14.7. The van der Waals surface area contributed by atoms with E-state index in [-0.39, 0.29) is 35.5 Å². The minimum atomic E-state index is -0.564. The molecular weight excluding hydrogens is 425 g/mol. The Bertz CT molecular complexity index is 1020. The average Bonchev–Trinajstić information content (AvgIpc) is 3.43. The highest BCUT2D eigenvalue weighted by atomic mass is 19.1. The van der Waals surface area contributed by atoms with E-state index in [0.717, 1.165) is 25.7 Å². The van der Waals surface area contributed by atoms with Gasteiger partial charge in [0.15, 0.2) is 0 Å². The Hall–Kier alpha value is -3.23. The molecule has 8 nitrogen and oxygen atoms in total. The number of nitrogens with zero attached hydrogens (tertiary/aromatic N) is 3. The Morgan fingerprint density at radius 1 is 1.21 bits per heavy atom. The first-order valence-corrected chi connectivity index (χ1v) is 11.5. The van der Waals surface area contributed by atoms with Gasteiger partial charge in [-0.15, -0.1) is 0 Å². The maximum Gasteiger partial charge on any atom is 0.415 e. The molecule has 2 aliphatic rings. The fourth-order valence-electron chi connectivity index (χ4n) is 4.34. The molecule has 2 unspecified atom stereocenters. The first-order valence-electron chi connectivity index (χ1n) is 11.5. The van der Waals surface area contributed by atoms with Crippen molar-refractivity contribution in [3.63, 3.8) is 0 Å². The van der Waals surface area contributed by atoms with E-state index in [1.807, 2.05) is 20.8 Å². The number of amides is 2. The predicted molar refractivity (Wildman–Crippen MR) is 123 cm³/mol. The molecular formula is C24H30FN5O3. The molecule has 33 heavy (non-hydrogen) atoms. The summed E-state index contributed by atoms with van der Waals surface area (Å²) < 4.78 is 19.9. The van der Waals surface area contributed by atoms with E-state index >= 15 is 0 Å². The number of halogens is 1. The highest BCUT2D eigenvalue weighted by molar-refractivity contribution is 5.94. The molecule has 1 aliphatic carbocycles. The SMILES string of the molecule is CC(Nc1nccc(N2C(=O)OCC2C(C)C)n1)c1ccc(C(=O)NC2CCCC2)c(F)c1. The van der Waals surface area contributed by atoms with Crippen molar-refractivity contribution in [1.29, 1.82) is 0 Å². The number of carbonyl (C=O) groups excluding carboxylic acids is 2. The molecule has 1 saturated carbocycles. The van der Waals surface area contributed by atoms with Gasteiger partial charge in [0.2, 0.25) is 5.95 Å². The fraction of sp³-hybridized carbons (Fsp3) is 0.500. The summed E-state index contributed by atoms with van der Waals surface area (Å²) in [5.74, 6) is 0.0245. The van der Waals surface area contributed by atoms with Crippen LogP contribution in [0.1, 0.15) is 68.4 Å². The summed E-state index contributed by atoms with van der Waals surface area (Å²) in [7, 11) is 0. The zero-order chi connectivity index (χ0) is 23.5. The molecule has 1 aromatic heterocycles. The monoisotopic (exact) mass is 455 g/mol. The van der Waals surface area contributed by atoms with Gasteiger partial charge in [0.1, 0.15) is 18.2 Å². The van der Waals surface area contributed by atoms with Crippen LogP contribution in [0.2, 0.25) is 0 Å². The van der Waals surface area contributed by atoms with Crippen molar-refractivity contribution in [2.75, 3.05) is 16.8 Å². The number of carbonyl (C=O) groups is 2. The summed E-state index contributed by atoms with van der Waals surface area (Å²) in [5, 5.41) is 6.06. The van der Waals surface area contributed by atoms with Crippen LogP contribution < -0.4 is 15.5 Å². The molecule has 0 bridgehead atoms. The normalized spacial score (nSPS) is 19.6. The van der Waals surface area contributed by atoms with Crippen molar-refractivity contribution in [2.45, 2.75) is 64.6 Å². The summed E-state index contributed by atoms with van der Waals surface area (Å²) in [6.07, 6.45) is 5.21. The Kier molecular flexibility index (Phi) is 6.76. The summed E-state index contributed by atoms with van der Waals surface area (Å²) >= 11 is 0. The lowest BCUT2D eigenvalue weighted by molar-refractivity contribution is 0.0933. The van der Waals surface area contributed by atoms with Crippen molar-refractivity contribution >= 4 is 23.8 Å². The second-order valence-electron chi connectivity index (χ2n) is 9.06. The van der Waals surface area contributed by atoms with E-state index in [9.17, 15) is 14.0 Å². The van der Waals surface area contributed by atoms with Crippen molar-refractivity contribution in [3.05, 3.63) is 47.4 Å². The van der Waals surface area contributed by atoms with Crippen molar-refractivity contribution in [3.8, 4) is 0 Å². The van der Waals surface area contributed by atoms with E-state index in [1.165, 1.54) is 12.1 Å². The number of anilines is 2. The summed E-state index contributed by atoms with van der Waals surface area (Å²) in [5.41, 5.74) is 0.697. The fourth-order valence-corrected chi connectivity index (χ4v) is 4.34. The van der Waals surface area contributed by atoms with Gasteiger partial charge < -0.3 is 15.4 Å². The number of nitrogens with one attached hydrogen (secondary N) is 2.